The van der Waals surface area contributed by atoms with Gasteiger partial charge in [-0.15, -0.1) is 0 Å². The SMILES string of the molecule is [2H]c1cn2c(=O)c(-c3nnn[n-]3)cnc2c(C)c1[2H].[K+]. The number of tetrazole rings is 1. The van der Waals surface area contributed by atoms with Crippen molar-refractivity contribution in [3.63, 3.8) is 0 Å². The van der Waals surface area contributed by atoms with E-state index in [0.29, 0.717) is 11.2 Å². The van der Waals surface area contributed by atoms with Gasteiger partial charge in [0, 0.05) is 18.2 Å². The molecule has 0 unspecified atom stereocenters. The molecule has 0 aliphatic carbocycles. The van der Waals surface area contributed by atoms with Gasteiger partial charge in [0.1, 0.15) is 5.65 Å². The number of rotatable bonds is 1. The molecule has 0 atom stereocenters. The molecule has 7 nitrogen and oxygen atoms in total. The van der Waals surface area contributed by atoms with Gasteiger partial charge in [-0.05, 0) is 18.5 Å². The fourth-order valence-electron chi connectivity index (χ4n) is 1.53. The Morgan fingerprint density at radius 1 is 1.50 bits per heavy atom. The Morgan fingerprint density at radius 3 is 3.06 bits per heavy atom. The molecule has 0 spiro atoms. The van der Waals surface area contributed by atoms with Crippen LogP contribution in [0.1, 0.15) is 8.30 Å². The third-order valence-corrected chi connectivity index (χ3v) is 2.34. The molecule has 0 aliphatic rings. The second-order valence-corrected chi connectivity index (χ2v) is 3.40. The summed E-state index contributed by atoms with van der Waals surface area (Å²) in [7, 11) is 0. The van der Waals surface area contributed by atoms with Gasteiger partial charge in [-0.25, -0.2) is 4.98 Å². The minimum absolute atomic E-state index is 0. The van der Waals surface area contributed by atoms with Crippen LogP contribution >= 0.6 is 0 Å². The smallest absolute Gasteiger partial charge is 0.330 e. The molecule has 0 saturated carbocycles. The zero-order valence-corrected chi connectivity index (χ0v) is 12.9. The number of aromatic nitrogens is 6. The first-order valence-electron chi connectivity index (χ1n) is 5.77. The van der Waals surface area contributed by atoms with Crippen LogP contribution in [0.25, 0.3) is 17.0 Å². The summed E-state index contributed by atoms with van der Waals surface area (Å²) in [4.78, 5) is 16.4. The summed E-state index contributed by atoms with van der Waals surface area (Å²) in [5, 5.41) is 13.8. The van der Waals surface area contributed by atoms with Gasteiger partial charge in [0.2, 0.25) is 0 Å². The van der Waals surface area contributed by atoms with Crippen molar-refractivity contribution in [1.29, 1.82) is 0 Å². The summed E-state index contributed by atoms with van der Waals surface area (Å²) in [6.07, 6.45) is 2.58. The van der Waals surface area contributed by atoms with Crippen LogP contribution in [0.5, 0.6) is 0 Å². The van der Waals surface area contributed by atoms with E-state index >= 15 is 0 Å². The fraction of sp³-hybridized carbons (Fsp3) is 0.100. The summed E-state index contributed by atoms with van der Waals surface area (Å²) in [5.74, 6) is 0.0889. The number of pyridine rings is 1. The number of nitrogens with zero attached hydrogens (tertiary/aromatic N) is 6. The maximum Gasteiger partial charge on any atom is 1.00 e. The minimum atomic E-state index is -0.420. The van der Waals surface area contributed by atoms with Crippen molar-refractivity contribution < 1.29 is 54.1 Å². The third-order valence-electron chi connectivity index (χ3n) is 2.34. The van der Waals surface area contributed by atoms with E-state index < -0.39 is 5.56 Å². The van der Waals surface area contributed by atoms with Crippen LogP contribution < -0.4 is 62.0 Å². The molecular formula is C10H7KN6O. The normalized spacial score (nSPS) is 11.8. The number of aryl methyl sites for hydroxylation is 1. The van der Waals surface area contributed by atoms with E-state index in [0.717, 1.165) is 0 Å². The standard InChI is InChI=1S/C10H7N6O.K/c1-6-3-2-4-16-9(6)11-5-7(10(16)17)8-12-14-15-13-8;/h2-5H,1H3;/q-1;+1/i2D,3D;. The molecule has 0 aliphatic heterocycles. The third kappa shape index (κ3) is 2.17. The molecule has 0 N–H and O–H groups in total. The molecule has 3 rings (SSSR count). The maximum absolute atomic E-state index is 12.3. The molecule has 0 bridgehead atoms. The van der Waals surface area contributed by atoms with Gasteiger partial charge in [-0.2, -0.15) is 5.21 Å². The van der Waals surface area contributed by atoms with Crippen molar-refractivity contribution >= 4 is 5.65 Å². The minimum Gasteiger partial charge on any atom is -0.330 e. The molecule has 3 heterocycles. The van der Waals surface area contributed by atoms with Gasteiger partial charge in [0.25, 0.3) is 5.56 Å². The van der Waals surface area contributed by atoms with Crippen molar-refractivity contribution in [2.45, 2.75) is 6.92 Å². The van der Waals surface area contributed by atoms with Crippen LogP contribution in [0.15, 0.2) is 29.3 Å². The Hall–Kier alpha value is -0.934. The van der Waals surface area contributed by atoms with Crippen LogP contribution in [0.4, 0.5) is 0 Å². The van der Waals surface area contributed by atoms with E-state index in [9.17, 15) is 4.79 Å². The zero-order valence-electron chi connectivity index (χ0n) is 11.7. The van der Waals surface area contributed by atoms with Crippen LogP contribution in [-0.2, 0) is 0 Å². The second kappa shape index (κ2) is 5.37. The Labute approximate surface area is 147 Å². The van der Waals surface area contributed by atoms with Crippen molar-refractivity contribution in [1.82, 2.24) is 30.0 Å². The fourth-order valence-corrected chi connectivity index (χ4v) is 1.53. The van der Waals surface area contributed by atoms with E-state index in [1.807, 2.05) is 0 Å². The molecule has 0 radical (unpaired) electrons. The molecule has 0 saturated heterocycles. The molecular weight excluding hydrogens is 259 g/mol. The summed E-state index contributed by atoms with van der Waals surface area (Å²) in [6.45, 7) is 1.64. The van der Waals surface area contributed by atoms with Crippen LogP contribution in [0.3, 0.4) is 0 Å². The summed E-state index contributed by atoms with van der Waals surface area (Å²) >= 11 is 0. The molecule has 3 aromatic heterocycles. The number of hydrogen-bond acceptors (Lipinski definition) is 5. The van der Waals surface area contributed by atoms with Crippen molar-refractivity contribution in [3.05, 3.63) is 40.4 Å². The number of fused-ring (bicyclic) bond motifs is 1. The maximum atomic E-state index is 12.3. The summed E-state index contributed by atoms with van der Waals surface area (Å²) < 4.78 is 16.6. The Morgan fingerprint density at radius 2 is 2.33 bits per heavy atom. The Balaban J connectivity index is 0.00000147. The Bertz CT molecular complexity index is 832. The first-order chi connectivity index (χ1) is 9.09. The van der Waals surface area contributed by atoms with Gasteiger partial charge in [-0.1, -0.05) is 6.04 Å². The summed E-state index contributed by atoms with van der Waals surface area (Å²) in [6, 6.07) is -0.00160. The van der Waals surface area contributed by atoms with Gasteiger partial charge in [0.15, 0.2) is 0 Å². The monoisotopic (exact) mass is 268 g/mol. The summed E-state index contributed by atoms with van der Waals surface area (Å²) in [5.41, 5.74) is 0.536. The van der Waals surface area contributed by atoms with Gasteiger partial charge < -0.3 is 5.10 Å². The van der Waals surface area contributed by atoms with E-state index in [1.165, 1.54) is 16.8 Å². The van der Waals surface area contributed by atoms with E-state index in [-0.39, 0.29) is 74.9 Å². The Kier molecular flexibility index (Phi) is 3.26. The van der Waals surface area contributed by atoms with Crippen LogP contribution in [0, 0.1) is 6.92 Å². The van der Waals surface area contributed by atoms with Crippen molar-refractivity contribution in [3.8, 4) is 11.4 Å². The number of hydrogen-bond donors (Lipinski definition) is 0. The topological polar surface area (TPSA) is 87.1 Å². The zero-order chi connectivity index (χ0) is 13.6. The van der Waals surface area contributed by atoms with E-state index in [4.69, 9.17) is 2.74 Å². The van der Waals surface area contributed by atoms with Gasteiger partial charge >= 0.3 is 51.4 Å². The molecule has 0 aromatic carbocycles. The first kappa shape index (κ1) is 10.9. The molecule has 3 aromatic rings. The quantitative estimate of drug-likeness (QED) is 0.432. The molecule has 84 valence electrons. The van der Waals surface area contributed by atoms with Crippen LogP contribution in [-0.4, -0.2) is 24.9 Å². The molecule has 0 fully saturated rings. The second-order valence-electron chi connectivity index (χ2n) is 3.40. The molecule has 0 amide bonds. The van der Waals surface area contributed by atoms with Crippen LogP contribution in [0.2, 0.25) is 0 Å². The van der Waals surface area contributed by atoms with E-state index in [2.05, 4.69) is 25.6 Å². The van der Waals surface area contributed by atoms with Gasteiger partial charge in [0.05, 0.1) is 8.30 Å². The van der Waals surface area contributed by atoms with E-state index in [1.54, 1.807) is 6.92 Å². The van der Waals surface area contributed by atoms with Gasteiger partial charge in [-0.3, -0.25) is 19.5 Å². The molecule has 8 heteroatoms. The largest absolute Gasteiger partial charge is 1.00 e. The average Bonchev–Trinajstić information content (AvgIpc) is 2.91. The van der Waals surface area contributed by atoms with Crippen molar-refractivity contribution in [2.24, 2.45) is 0 Å². The predicted octanol–water partition coefficient (Wildman–Crippen LogP) is -3.18. The van der Waals surface area contributed by atoms with Crippen molar-refractivity contribution in [2.75, 3.05) is 0 Å². The predicted molar refractivity (Wildman–Crippen MR) is 58.3 cm³/mol. The molecule has 18 heavy (non-hydrogen) atoms. The average molecular weight is 268 g/mol. The first-order valence-corrected chi connectivity index (χ1v) is 4.77.